The lowest BCUT2D eigenvalue weighted by Gasteiger charge is -2.51. The van der Waals surface area contributed by atoms with Crippen molar-refractivity contribution in [2.75, 3.05) is 9.71 Å². The van der Waals surface area contributed by atoms with Gasteiger partial charge in [-0.3, -0.25) is 0 Å². The average molecular weight is 818 g/mol. The third kappa shape index (κ3) is 3.91. The lowest BCUT2D eigenvalue weighted by Crippen LogP contribution is -2.62. The first-order valence-corrected chi connectivity index (χ1v) is 24.1. The van der Waals surface area contributed by atoms with E-state index in [2.05, 4.69) is 163 Å². The van der Waals surface area contributed by atoms with Gasteiger partial charge in [-0.1, -0.05) is 106 Å². The molecule has 300 valence electrons. The lowest BCUT2D eigenvalue weighted by molar-refractivity contribution is 0.195. The van der Waals surface area contributed by atoms with Crippen molar-refractivity contribution >= 4 is 93.8 Å². The van der Waals surface area contributed by atoms with Crippen LogP contribution in [0.5, 0.6) is 0 Å². The molecule has 0 radical (unpaired) electrons. The summed E-state index contributed by atoms with van der Waals surface area (Å²) in [5, 5.41) is 5.59. The Labute approximate surface area is 367 Å². The van der Waals surface area contributed by atoms with Gasteiger partial charge in [-0.05, 0) is 138 Å². The third-order valence-corrected chi connectivity index (χ3v) is 18.6. The van der Waals surface area contributed by atoms with Crippen LogP contribution >= 0.6 is 11.3 Å². The molecule has 1 fully saturated rings. The largest absolute Gasteiger partial charge is 0.376 e. The maximum absolute atomic E-state index is 2.89. The van der Waals surface area contributed by atoms with Crippen molar-refractivity contribution in [3.05, 3.63) is 149 Å². The minimum Gasteiger partial charge on any atom is -0.376 e. The van der Waals surface area contributed by atoms with Crippen LogP contribution in [0.2, 0.25) is 0 Å². The van der Waals surface area contributed by atoms with Crippen LogP contribution < -0.4 is 20.6 Å². The van der Waals surface area contributed by atoms with Gasteiger partial charge in [0.05, 0.1) is 22.3 Å². The number of nitrogens with zero attached hydrogens (tertiary/aromatic N) is 3. The zero-order valence-corrected chi connectivity index (χ0v) is 36.8. The minimum absolute atomic E-state index is 0.00453. The van der Waals surface area contributed by atoms with Crippen molar-refractivity contribution in [1.82, 2.24) is 4.57 Å². The second kappa shape index (κ2) is 11.4. The zero-order chi connectivity index (χ0) is 41.0. The summed E-state index contributed by atoms with van der Waals surface area (Å²) in [4.78, 5) is 5.68. The summed E-state index contributed by atoms with van der Waals surface area (Å²) >= 11 is 1.95. The van der Waals surface area contributed by atoms with E-state index in [1.807, 2.05) is 11.3 Å². The molecule has 2 unspecified atom stereocenters. The molecular weight excluding hydrogens is 770 g/mol. The van der Waals surface area contributed by atoms with E-state index < -0.39 is 0 Å². The highest BCUT2D eigenvalue weighted by molar-refractivity contribution is 7.26. The highest BCUT2D eigenvalue weighted by atomic mass is 32.1. The molecule has 4 aliphatic heterocycles. The average Bonchev–Trinajstić information content (AvgIpc) is 3.90. The molecule has 3 nitrogen and oxygen atoms in total. The fraction of sp³-hybridized carbons (Fsp3) is 0.263. The molecule has 9 aromatic rings. The van der Waals surface area contributed by atoms with E-state index in [-0.39, 0.29) is 23.2 Å². The van der Waals surface area contributed by atoms with Crippen molar-refractivity contribution < 1.29 is 0 Å². The molecule has 2 atom stereocenters. The number of aromatic nitrogens is 1. The van der Waals surface area contributed by atoms with Crippen LogP contribution in [0, 0.1) is 0 Å². The zero-order valence-electron chi connectivity index (χ0n) is 36.0. The molecule has 1 saturated carbocycles. The number of rotatable bonds is 1. The van der Waals surface area contributed by atoms with E-state index in [1.54, 1.807) is 11.1 Å². The molecule has 2 aliphatic carbocycles. The second-order valence-electron chi connectivity index (χ2n) is 20.5. The Kier molecular flexibility index (Phi) is 6.41. The van der Waals surface area contributed by atoms with E-state index in [9.17, 15) is 0 Å². The quantitative estimate of drug-likeness (QED) is 0.153. The van der Waals surface area contributed by atoms with E-state index in [0.717, 1.165) is 12.8 Å². The van der Waals surface area contributed by atoms with Gasteiger partial charge >= 0.3 is 6.85 Å². The van der Waals surface area contributed by atoms with Crippen LogP contribution in [-0.4, -0.2) is 17.0 Å². The van der Waals surface area contributed by atoms with Gasteiger partial charge in [0.1, 0.15) is 0 Å². The van der Waals surface area contributed by atoms with Crippen LogP contribution in [0.1, 0.15) is 94.0 Å². The summed E-state index contributed by atoms with van der Waals surface area (Å²) in [5.74, 6) is 0. The van der Waals surface area contributed by atoms with E-state index in [4.69, 9.17) is 0 Å². The summed E-state index contributed by atoms with van der Waals surface area (Å²) < 4.78 is 5.51. The molecule has 5 heteroatoms. The first-order chi connectivity index (χ1) is 30.3. The molecule has 6 aliphatic rings. The highest BCUT2D eigenvalue weighted by Gasteiger charge is 2.59. The predicted molar refractivity (Wildman–Crippen MR) is 264 cm³/mol. The normalized spacial score (nSPS) is 22.2. The minimum atomic E-state index is -0.158. The Morgan fingerprint density at radius 2 is 1.31 bits per heavy atom. The van der Waals surface area contributed by atoms with Crippen molar-refractivity contribution in [3.8, 4) is 16.8 Å². The Morgan fingerprint density at radius 3 is 2.18 bits per heavy atom. The monoisotopic (exact) mass is 817 g/mol. The topological polar surface area (TPSA) is 11.4 Å². The summed E-state index contributed by atoms with van der Waals surface area (Å²) in [5.41, 5.74) is 22.6. The van der Waals surface area contributed by atoms with E-state index >= 15 is 0 Å². The summed E-state index contributed by atoms with van der Waals surface area (Å²) in [6, 6.07) is 48.3. The second-order valence-corrected chi connectivity index (χ2v) is 21.6. The number of anilines is 4. The summed E-state index contributed by atoms with van der Waals surface area (Å²) in [6.07, 6.45) is 9.81. The summed E-state index contributed by atoms with van der Waals surface area (Å²) in [7, 11) is 0. The maximum atomic E-state index is 2.89. The Bertz CT molecular complexity index is 3530. The fourth-order valence-electron chi connectivity index (χ4n) is 14.3. The van der Waals surface area contributed by atoms with Gasteiger partial charge in [0.15, 0.2) is 0 Å². The van der Waals surface area contributed by atoms with Gasteiger partial charge in [-0.15, -0.1) is 11.3 Å². The molecule has 7 aromatic carbocycles. The Morgan fingerprint density at radius 1 is 0.565 bits per heavy atom. The van der Waals surface area contributed by atoms with Crippen LogP contribution in [0.4, 0.5) is 22.7 Å². The van der Waals surface area contributed by atoms with Crippen LogP contribution in [0.25, 0.3) is 58.8 Å². The maximum Gasteiger partial charge on any atom is 0.333 e. The van der Waals surface area contributed by atoms with Crippen molar-refractivity contribution in [2.24, 2.45) is 0 Å². The van der Waals surface area contributed by atoms with Crippen LogP contribution in [-0.2, 0) is 23.7 Å². The van der Waals surface area contributed by atoms with Crippen molar-refractivity contribution in [3.63, 3.8) is 0 Å². The number of para-hydroxylation sites is 3. The molecule has 0 bridgehead atoms. The molecule has 2 aromatic heterocycles. The number of thiophene rings is 1. The van der Waals surface area contributed by atoms with Gasteiger partial charge in [-0.25, -0.2) is 0 Å². The SMILES string of the molecule is CC1(C)c2ccccc2N2B3c4cc5sc6ccccc6c5cc4-n4c5cc6c(cc5c5c(N7c8ccccc8C8(C)CCCCC78C)cc(c3c54)-c3cccc1c32)CCCC6. The predicted octanol–water partition coefficient (Wildman–Crippen LogP) is 13.6. The number of fused-ring (bicyclic) bond motifs is 17. The number of hydrogen-bond acceptors (Lipinski definition) is 3. The van der Waals surface area contributed by atoms with Gasteiger partial charge in [0.25, 0.3) is 0 Å². The van der Waals surface area contributed by atoms with Gasteiger partial charge in [0.2, 0.25) is 0 Å². The number of benzene rings is 7. The molecule has 0 spiro atoms. The van der Waals surface area contributed by atoms with Gasteiger partial charge in [-0.2, -0.15) is 0 Å². The highest BCUT2D eigenvalue weighted by Crippen LogP contribution is 2.63. The van der Waals surface area contributed by atoms with Crippen LogP contribution in [0.3, 0.4) is 0 Å². The molecule has 0 amide bonds. The van der Waals surface area contributed by atoms with Crippen molar-refractivity contribution in [2.45, 2.75) is 95.4 Å². The first kappa shape index (κ1) is 34.8. The molecule has 15 rings (SSSR count). The Balaban J connectivity index is 1.18. The molecule has 0 saturated heterocycles. The molecule has 62 heavy (non-hydrogen) atoms. The van der Waals surface area contributed by atoms with Crippen LogP contribution in [0.15, 0.2) is 121 Å². The molecular formula is C57H48BN3S. The molecule has 6 heterocycles. The van der Waals surface area contributed by atoms with E-state index in [1.165, 1.54) is 148 Å². The van der Waals surface area contributed by atoms with Gasteiger partial charge in [0, 0.05) is 70.1 Å². The third-order valence-electron chi connectivity index (χ3n) is 17.4. The van der Waals surface area contributed by atoms with Crippen molar-refractivity contribution in [1.29, 1.82) is 0 Å². The number of hydrogen-bond donors (Lipinski definition) is 0. The standard InChI is InChI=1S/C57H48BN3S/c1-55(2)40-20-8-11-24-45(40)61-53-36(19-15-22-42(53)55)38-31-48(60-44-23-10-9-21-41(44)56(3)26-13-14-27-57(56,60)4)51-39-28-33-16-5-6-17-34(33)29-46(39)59-47-30-37-35-18-7-12-25-49(35)62-50(37)32-43(47)58(61)52(38)54(51)59/h7-12,15,18-25,28-32H,5-6,13-14,16-17,26-27H2,1-4H3. The lowest BCUT2D eigenvalue weighted by atomic mass is 9.43. The van der Waals surface area contributed by atoms with E-state index in [0.29, 0.717) is 0 Å². The fourth-order valence-corrected chi connectivity index (χ4v) is 15.5. The smallest absolute Gasteiger partial charge is 0.333 e. The number of aryl methyl sites for hydroxylation is 2. The summed E-state index contributed by atoms with van der Waals surface area (Å²) in [6.45, 7) is 10.1. The molecule has 0 N–H and O–H groups in total. The Hall–Kier alpha value is -5.78. The van der Waals surface area contributed by atoms with Gasteiger partial charge < -0.3 is 14.3 Å². The first-order valence-electron chi connectivity index (χ1n) is 23.3.